The van der Waals surface area contributed by atoms with E-state index in [9.17, 15) is 10.1 Å². The fraction of sp³-hybridized carbons (Fsp3) is 0.120. The van der Waals surface area contributed by atoms with Gasteiger partial charge in [0.2, 0.25) is 0 Å². The molecule has 0 atom stereocenters. The van der Waals surface area contributed by atoms with Crippen LogP contribution in [0.1, 0.15) is 16.7 Å². The number of hydrogen-bond donors (Lipinski definition) is 1. The zero-order chi connectivity index (χ0) is 24.0. The molecule has 3 aromatic rings. The Kier molecular flexibility index (Phi) is 8.40. The molecule has 0 bridgehead atoms. The van der Waals surface area contributed by atoms with Gasteiger partial charge in [-0.3, -0.25) is 4.79 Å². The van der Waals surface area contributed by atoms with Crippen LogP contribution in [0.25, 0.3) is 6.08 Å². The highest BCUT2D eigenvalue weighted by Crippen LogP contribution is 2.35. The molecule has 0 spiro atoms. The first-order chi connectivity index (χ1) is 15.8. The van der Waals surface area contributed by atoms with Crippen molar-refractivity contribution in [3.8, 4) is 17.6 Å². The molecule has 0 aliphatic rings. The Hall–Kier alpha value is -2.98. The van der Waals surface area contributed by atoms with Gasteiger partial charge in [-0.05, 0) is 48.4 Å². The molecule has 0 fully saturated rings. The Morgan fingerprint density at radius 1 is 1.15 bits per heavy atom. The standard InChI is InChI=1S/C25H19BrCl2N2O3/c1-15-5-3-6-16(9-15)14-33-23-12-19(26)17(11-22(23)32-2)10-18(13-29)25(31)30-21-8-4-7-20(27)24(21)28/h3-12H,14H2,1-2H3,(H,30,31)/b18-10-. The number of ether oxygens (including phenoxy) is 2. The molecule has 0 saturated heterocycles. The Balaban J connectivity index is 1.84. The van der Waals surface area contributed by atoms with E-state index in [0.717, 1.165) is 11.1 Å². The summed E-state index contributed by atoms with van der Waals surface area (Å²) in [5, 5.41) is 12.7. The number of carbonyl (C=O) groups excluding carboxylic acids is 1. The van der Waals surface area contributed by atoms with E-state index in [0.29, 0.717) is 38.9 Å². The number of nitrogens with one attached hydrogen (secondary N) is 1. The molecule has 3 aromatic carbocycles. The van der Waals surface area contributed by atoms with Crippen molar-refractivity contribution in [2.24, 2.45) is 0 Å². The first kappa shape index (κ1) is 24.7. The Morgan fingerprint density at radius 2 is 1.91 bits per heavy atom. The number of anilines is 1. The maximum atomic E-state index is 12.7. The maximum Gasteiger partial charge on any atom is 0.266 e. The summed E-state index contributed by atoms with van der Waals surface area (Å²) >= 11 is 15.6. The van der Waals surface area contributed by atoms with Crippen LogP contribution in [-0.2, 0) is 11.4 Å². The first-order valence-corrected chi connectivity index (χ1v) is 11.3. The normalized spacial score (nSPS) is 11.0. The summed E-state index contributed by atoms with van der Waals surface area (Å²) in [4.78, 5) is 12.7. The predicted molar refractivity (Wildman–Crippen MR) is 135 cm³/mol. The highest BCUT2D eigenvalue weighted by atomic mass is 79.9. The second-order valence-electron chi connectivity index (χ2n) is 7.03. The van der Waals surface area contributed by atoms with Crippen molar-refractivity contribution in [2.45, 2.75) is 13.5 Å². The molecule has 0 aliphatic carbocycles. The number of amides is 1. The van der Waals surface area contributed by atoms with Gasteiger partial charge in [0.25, 0.3) is 5.91 Å². The average molecular weight is 546 g/mol. The lowest BCUT2D eigenvalue weighted by Crippen LogP contribution is -2.13. The number of nitriles is 1. The molecule has 3 rings (SSSR count). The minimum Gasteiger partial charge on any atom is -0.493 e. The number of methoxy groups -OCH3 is 1. The van der Waals surface area contributed by atoms with Gasteiger partial charge in [-0.15, -0.1) is 0 Å². The lowest BCUT2D eigenvalue weighted by molar-refractivity contribution is -0.112. The smallest absolute Gasteiger partial charge is 0.266 e. The van der Waals surface area contributed by atoms with Gasteiger partial charge in [0.15, 0.2) is 11.5 Å². The van der Waals surface area contributed by atoms with Crippen molar-refractivity contribution < 1.29 is 14.3 Å². The topological polar surface area (TPSA) is 71.3 Å². The molecule has 0 saturated carbocycles. The lowest BCUT2D eigenvalue weighted by Gasteiger charge is -2.13. The van der Waals surface area contributed by atoms with Crippen LogP contribution in [0.4, 0.5) is 5.69 Å². The molecule has 0 aromatic heterocycles. The zero-order valence-electron chi connectivity index (χ0n) is 17.8. The Labute approximate surface area is 210 Å². The fourth-order valence-electron chi connectivity index (χ4n) is 2.99. The Bertz CT molecular complexity index is 1270. The van der Waals surface area contributed by atoms with E-state index in [-0.39, 0.29) is 10.6 Å². The number of hydrogen-bond acceptors (Lipinski definition) is 4. The van der Waals surface area contributed by atoms with E-state index in [1.807, 2.05) is 37.3 Å². The summed E-state index contributed by atoms with van der Waals surface area (Å²) in [5.74, 6) is 0.372. The molecule has 0 heterocycles. The van der Waals surface area contributed by atoms with Gasteiger partial charge in [0, 0.05) is 4.47 Å². The summed E-state index contributed by atoms with van der Waals surface area (Å²) < 4.78 is 12.0. The minimum absolute atomic E-state index is 0.123. The van der Waals surface area contributed by atoms with Crippen LogP contribution in [-0.4, -0.2) is 13.0 Å². The third-order valence-corrected chi connectivity index (χ3v) is 6.13. The van der Waals surface area contributed by atoms with Crippen molar-refractivity contribution in [1.29, 1.82) is 5.26 Å². The van der Waals surface area contributed by atoms with Crippen LogP contribution < -0.4 is 14.8 Å². The number of carbonyl (C=O) groups is 1. The van der Waals surface area contributed by atoms with Crippen LogP contribution in [0.2, 0.25) is 10.0 Å². The van der Waals surface area contributed by atoms with Gasteiger partial charge >= 0.3 is 0 Å². The van der Waals surface area contributed by atoms with E-state index in [2.05, 4.69) is 21.2 Å². The van der Waals surface area contributed by atoms with Crippen molar-refractivity contribution in [2.75, 3.05) is 12.4 Å². The summed E-state index contributed by atoms with van der Waals surface area (Å²) in [6, 6.07) is 18.2. The molecule has 33 heavy (non-hydrogen) atoms. The number of nitrogens with zero attached hydrogens (tertiary/aromatic N) is 1. The van der Waals surface area contributed by atoms with Gasteiger partial charge in [-0.25, -0.2) is 0 Å². The SMILES string of the molecule is COc1cc(/C=C(/C#N)C(=O)Nc2cccc(Cl)c2Cl)c(Br)cc1OCc1cccc(C)c1. The van der Waals surface area contributed by atoms with E-state index in [1.165, 1.54) is 13.2 Å². The average Bonchev–Trinajstić information content (AvgIpc) is 2.80. The second kappa shape index (κ2) is 11.2. The first-order valence-electron chi connectivity index (χ1n) is 9.75. The van der Waals surface area contributed by atoms with Gasteiger partial charge in [0.05, 0.1) is 22.8 Å². The third kappa shape index (κ3) is 6.29. The van der Waals surface area contributed by atoms with E-state index in [1.54, 1.807) is 30.3 Å². The zero-order valence-corrected chi connectivity index (χ0v) is 20.9. The van der Waals surface area contributed by atoms with Gasteiger partial charge in [-0.2, -0.15) is 5.26 Å². The van der Waals surface area contributed by atoms with Gasteiger partial charge < -0.3 is 14.8 Å². The Morgan fingerprint density at radius 3 is 2.61 bits per heavy atom. The van der Waals surface area contributed by atoms with E-state index >= 15 is 0 Å². The highest BCUT2D eigenvalue weighted by Gasteiger charge is 2.15. The quantitative estimate of drug-likeness (QED) is 0.252. The minimum atomic E-state index is -0.618. The van der Waals surface area contributed by atoms with Gasteiger partial charge in [-0.1, -0.05) is 75.0 Å². The number of benzene rings is 3. The third-order valence-electron chi connectivity index (χ3n) is 4.62. The van der Waals surface area contributed by atoms with E-state index < -0.39 is 5.91 Å². The molecule has 0 radical (unpaired) electrons. The van der Waals surface area contributed by atoms with Crippen LogP contribution in [0.15, 0.2) is 64.6 Å². The molecule has 0 aliphatic heterocycles. The summed E-state index contributed by atoms with van der Waals surface area (Å²) in [7, 11) is 1.52. The van der Waals surface area contributed by atoms with Crippen LogP contribution in [0, 0.1) is 18.3 Å². The van der Waals surface area contributed by atoms with Gasteiger partial charge in [0.1, 0.15) is 18.2 Å². The monoisotopic (exact) mass is 544 g/mol. The second-order valence-corrected chi connectivity index (χ2v) is 8.67. The fourth-order valence-corrected chi connectivity index (χ4v) is 3.78. The largest absolute Gasteiger partial charge is 0.493 e. The van der Waals surface area contributed by atoms with Crippen LogP contribution in [0.5, 0.6) is 11.5 Å². The lowest BCUT2D eigenvalue weighted by atomic mass is 10.1. The maximum absolute atomic E-state index is 12.7. The molecule has 1 amide bonds. The molecular weight excluding hydrogens is 527 g/mol. The number of rotatable bonds is 7. The molecule has 0 unspecified atom stereocenters. The van der Waals surface area contributed by atoms with Crippen molar-refractivity contribution in [3.05, 3.63) is 91.4 Å². The summed E-state index contributed by atoms with van der Waals surface area (Å²) in [6.07, 6.45) is 1.45. The molecule has 8 heteroatoms. The van der Waals surface area contributed by atoms with Crippen molar-refractivity contribution in [1.82, 2.24) is 0 Å². The van der Waals surface area contributed by atoms with Crippen LogP contribution in [0.3, 0.4) is 0 Å². The van der Waals surface area contributed by atoms with Crippen LogP contribution >= 0.6 is 39.1 Å². The molecule has 168 valence electrons. The molecular formula is C25H19BrCl2N2O3. The summed E-state index contributed by atoms with van der Waals surface area (Å²) in [5.41, 5.74) is 2.93. The van der Waals surface area contributed by atoms with E-state index in [4.69, 9.17) is 32.7 Å². The number of halogens is 3. The van der Waals surface area contributed by atoms with Crippen molar-refractivity contribution >= 4 is 56.8 Å². The predicted octanol–water partition coefficient (Wildman–Crippen LogP) is 7.20. The summed E-state index contributed by atoms with van der Waals surface area (Å²) in [6.45, 7) is 2.39. The van der Waals surface area contributed by atoms with Crippen molar-refractivity contribution in [3.63, 3.8) is 0 Å². The highest BCUT2D eigenvalue weighted by molar-refractivity contribution is 9.10. The molecule has 5 nitrogen and oxygen atoms in total. The number of aryl methyl sites for hydroxylation is 1. The molecule has 1 N–H and O–H groups in total.